The standard InChI is InChI=1S/C9H10ClFN2O/c10-6-3-1-2-5(9(6)11)7(12)4-8(13)14/h1-3,7H,4,12H2,(H2,13,14)/t7-/m0/s1. The van der Waals surface area contributed by atoms with Crippen molar-refractivity contribution in [2.45, 2.75) is 12.5 Å². The number of rotatable bonds is 3. The van der Waals surface area contributed by atoms with Crippen LogP contribution < -0.4 is 11.5 Å². The molecule has 0 spiro atoms. The fraction of sp³-hybridized carbons (Fsp3) is 0.222. The van der Waals surface area contributed by atoms with E-state index in [0.29, 0.717) is 0 Å². The maximum absolute atomic E-state index is 13.3. The normalized spacial score (nSPS) is 12.5. The third-order valence-corrected chi connectivity index (χ3v) is 2.09. The lowest BCUT2D eigenvalue weighted by Gasteiger charge is -2.11. The molecule has 4 N–H and O–H groups in total. The van der Waals surface area contributed by atoms with Crippen molar-refractivity contribution in [2.24, 2.45) is 11.5 Å². The van der Waals surface area contributed by atoms with Crippen molar-refractivity contribution in [3.63, 3.8) is 0 Å². The summed E-state index contributed by atoms with van der Waals surface area (Å²) in [4.78, 5) is 10.6. The molecule has 1 aromatic rings. The van der Waals surface area contributed by atoms with Crippen molar-refractivity contribution in [2.75, 3.05) is 0 Å². The summed E-state index contributed by atoms with van der Waals surface area (Å²) in [5, 5.41) is -0.0116. The van der Waals surface area contributed by atoms with E-state index in [1.165, 1.54) is 12.1 Å². The molecule has 1 amide bonds. The highest BCUT2D eigenvalue weighted by molar-refractivity contribution is 6.30. The zero-order chi connectivity index (χ0) is 10.7. The third kappa shape index (κ3) is 2.43. The lowest BCUT2D eigenvalue weighted by atomic mass is 10.0. The molecule has 0 unspecified atom stereocenters. The van der Waals surface area contributed by atoms with Gasteiger partial charge in [0.15, 0.2) is 0 Å². The maximum atomic E-state index is 13.3. The predicted molar refractivity (Wildman–Crippen MR) is 52.1 cm³/mol. The molecule has 0 fully saturated rings. The van der Waals surface area contributed by atoms with Crippen LogP contribution in [0, 0.1) is 5.82 Å². The number of halogens is 2. The van der Waals surface area contributed by atoms with E-state index in [4.69, 9.17) is 23.1 Å². The van der Waals surface area contributed by atoms with Gasteiger partial charge in [0, 0.05) is 18.0 Å². The van der Waals surface area contributed by atoms with Crippen molar-refractivity contribution in [3.8, 4) is 0 Å². The van der Waals surface area contributed by atoms with E-state index in [1.807, 2.05) is 0 Å². The lowest BCUT2D eigenvalue weighted by Crippen LogP contribution is -2.21. The molecular weight excluding hydrogens is 207 g/mol. The Labute approximate surface area is 85.8 Å². The SMILES string of the molecule is NC(=O)C[C@H](N)c1cccc(Cl)c1F. The van der Waals surface area contributed by atoms with Gasteiger partial charge in [-0.25, -0.2) is 4.39 Å². The summed E-state index contributed by atoms with van der Waals surface area (Å²) in [7, 11) is 0. The van der Waals surface area contributed by atoms with Gasteiger partial charge in [-0.3, -0.25) is 4.79 Å². The highest BCUT2D eigenvalue weighted by Gasteiger charge is 2.15. The van der Waals surface area contributed by atoms with Gasteiger partial charge in [-0.05, 0) is 6.07 Å². The molecule has 0 bridgehead atoms. The van der Waals surface area contributed by atoms with Gasteiger partial charge >= 0.3 is 0 Å². The molecule has 0 aliphatic heterocycles. The minimum absolute atomic E-state index is 0.0116. The Kier molecular flexibility index (Phi) is 3.43. The van der Waals surface area contributed by atoms with Gasteiger partial charge < -0.3 is 11.5 Å². The molecule has 1 aromatic carbocycles. The molecule has 76 valence electrons. The number of hydrogen-bond acceptors (Lipinski definition) is 2. The first kappa shape index (κ1) is 10.9. The number of nitrogens with two attached hydrogens (primary N) is 2. The van der Waals surface area contributed by atoms with Crippen LogP contribution in [0.4, 0.5) is 4.39 Å². The molecule has 5 heteroatoms. The molecule has 1 rings (SSSR count). The van der Waals surface area contributed by atoms with E-state index >= 15 is 0 Å². The summed E-state index contributed by atoms with van der Waals surface area (Å²) < 4.78 is 13.3. The van der Waals surface area contributed by atoms with Crippen LogP contribution in [0.3, 0.4) is 0 Å². The number of carbonyl (C=O) groups excluding carboxylic acids is 1. The summed E-state index contributed by atoms with van der Waals surface area (Å²) in [6.07, 6.45) is -0.0999. The minimum atomic E-state index is -0.744. The molecule has 1 atom stereocenters. The first-order valence-corrected chi connectivity index (χ1v) is 4.38. The summed E-state index contributed by atoms with van der Waals surface area (Å²) in [5.41, 5.74) is 10.7. The summed E-state index contributed by atoms with van der Waals surface area (Å²) in [6.45, 7) is 0. The van der Waals surface area contributed by atoms with Crippen LogP contribution in [0.5, 0.6) is 0 Å². The van der Waals surface area contributed by atoms with Crippen LogP contribution in [-0.4, -0.2) is 5.91 Å². The molecule has 14 heavy (non-hydrogen) atoms. The largest absolute Gasteiger partial charge is 0.370 e. The molecule has 3 nitrogen and oxygen atoms in total. The zero-order valence-electron chi connectivity index (χ0n) is 7.34. The van der Waals surface area contributed by atoms with Crippen LogP contribution >= 0.6 is 11.6 Å². The summed E-state index contributed by atoms with van der Waals surface area (Å²) >= 11 is 5.55. The topological polar surface area (TPSA) is 69.1 Å². The van der Waals surface area contributed by atoms with Gasteiger partial charge in [0.25, 0.3) is 0 Å². The molecule has 0 aliphatic rings. The highest BCUT2D eigenvalue weighted by atomic mass is 35.5. The molecule has 0 radical (unpaired) electrons. The Bertz CT molecular complexity index is 357. The number of carbonyl (C=O) groups is 1. The van der Waals surface area contributed by atoms with Crippen molar-refractivity contribution in [3.05, 3.63) is 34.6 Å². The average Bonchev–Trinajstić information content (AvgIpc) is 2.08. The van der Waals surface area contributed by atoms with Crippen LogP contribution in [0.15, 0.2) is 18.2 Å². The molecule has 0 aromatic heterocycles. The van der Waals surface area contributed by atoms with Crippen LogP contribution in [0.2, 0.25) is 5.02 Å². The van der Waals surface area contributed by atoms with Gasteiger partial charge in [0.2, 0.25) is 5.91 Å². The Morgan fingerprint density at radius 3 is 2.79 bits per heavy atom. The Balaban J connectivity index is 2.95. The monoisotopic (exact) mass is 216 g/mol. The summed E-state index contributed by atoms with van der Waals surface area (Å²) in [5.74, 6) is -1.17. The maximum Gasteiger partial charge on any atom is 0.219 e. The van der Waals surface area contributed by atoms with Crippen molar-refractivity contribution >= 4 is 17.5 Å². The zero-order valence-corrected chi connectivity index (χ0v) is 8.09. The second kappa shape index (κ2) is 4.39. The Morgan fingerprint density at radius 2 is 2.21 bits per heavy atom. The fourth-order valence-electron chi connectivity index (χ4n) is 1.13. The van der Waals surface area contributed by atoms with E-state index in [2.05, 4.69) is 0 Å². The lowest BCUT2D eigenvalue weighted by molar-refractivity contribution is -0.118. The predicted octanol–water partition coefficient (Wildman–Crippen LogP) is 1.35. The molecular formula is C9H10ClFN2O. The van der Waals surface area contributed by atoms with Crippen molar-refractivity contribution < 1.29 is 9.18 Å². The Morgan fingerprint density at radius 1 is 1.57 bits per heavy atom. The molecule has 0 aliphatic carbocycles. The first-order valence-electron chi connectivity index (χ1n) is 4.00. The molecule has 0 saturated carbocycles. The van der Waals surface area contributed by atoms with E-state index in [-0.39, 0.29) is 17.0 Å². The number of primary amides is 1. The molecule has 0 heterocycles. The summed E-state index contributed by atoms with van der Waals surface area (Å²) in [6, 6.07) is 3.72. The smallest absolute Gasteiger partial charge is 0.219 e. The van der Waals surface area contributed by atoms with Gasteiger partial charge in [-0.15, -0.1) is 0 Å². The van der Waals surface area contributed by atoms with Crippen molar-refractivity contribution in [1.29, 1.82) is 0 Å². The van der Waals surface area contributed by atoms with Crippen LogP contribution in [0.1, 0.15) is 18.0 Å². The molecule has 0 saturated heterocycles. The Hall–Kier alpha value is -1.13. The second-order valence-electron chi connectivity index (χ2n) is 2.92. The third-order valence-electron chi connectivity index (χ3n) is 1.80. The van der Waals surface area contributed by atoms with Crippen LogP contribution in [-0.2, 0) is 4.79 Å². The fourth-order valence-corrected chi connectivity index (χ4v) is 1.32. The number of hydrogen-bond donors (Lipinski definition) is 2. The van der Waals surface area contributed by atoms with Gasteiger partial charge in [-0.1, -0.05) is 23.7 Å². The first-order chi connectivity index (χ1) is 6.52. The van der Waals surface area contributed by atoms with E-state index < -0.39 is 17.8 Å². The van der Waals surface area contributed by atoms with E-state index in [0.717, 1.165) is 0 Å². The minimum Gasteiger partial charge on any atom is -0.370 e. The number of amides is 1. The van der Waals surface area contributed by atoms with E-state index in [9.17, 15) is 9.18 Å². The van der Waals surface area contributed by atoms with Gasteiger partial charge in [-0.2, -0.15) is 0 Å². The quantitative estimate of drug-likeness (QED) is 0.801. The van der Waals surface area contributed by atoms with Crippen LogP contribution in [0.25, 0.3) is 0 Å². The van der Waals surface area contributed by atoms with E-state index in [1.54, 1.807) is 6.07 Å². The second-order valence-corrected chi connectivity index (χ2v) is 3.33. The number of benzene rings is 1. The van der Waals surface area contributed by atoms with Crippen molar-refractivity contribution in [1.82, 2.24) is 0 Å². The van der Waals surface area contributed by atoms with Gasteiger partial charge in [0.05, 0.1) is 5.02 Å². The van der Waals surface area contributed by atoms with Gasteiger partial charge in [0.1, 0.15) is 5.82 Å². The average molecular weight is 217 g/mol. The highest BCUT2D eigenvalue weighted by Crippen LogP contribution is 2.23.